The molecule has 1 aromatic heterocycles. The first kappa shape index (κ1) is 12.6. The van der Waals surface area contributed by atoms with Gasteiger partial charge in [-0.15, -0.1) is 0 Å². The van der Waals surface area contributed by atoms with E-state index in [4.69, 9.17) is 10.7 Å². The van der Waals surface area contributed by atoms with Crippen LogP contribution in [0.25, 0.3) is 10.9 Å². The first-order chi connectivity index (χ1) is 9.11. The molecule has 3 heteroatoms. The SMILES string of the molecule is Cc1ccc2c(CN)c3c(nc2c1C)CCN(C)C3. The summed E-state index contributed by atoms with van der Waals surface area (Å²) in [6, 6.07) is 4.36. The van der Waals surface area contributed by atoms with Crippen LogP contribution in [0.2, 0.25) is 0 Å². The Kier molecular flexibility index (Phi) is 3.03. The van der Waals surface area contributed by atoms with E-state index in [1.807, 2.05) is 0 Å². The van der Waals surface area contributed by atoms with Crippen LogP contribution >= 0.6 is 0 Å². The third kappa shape index (κ3) is 1.94. The van der Waals surface area contributed by atoms with Crippen LogP contribution in [0.5, 0.6) is 0 Å². The Hall–Kier alpha value is -1.45. The van der Waals surface area contributed by atoms with Gasteiger partial charge < -0.3 is 10.6 Å². The third-order valence-corrected chi connectivity index (χ3v) is 4.35. The second-order valence-corrected chi connectivity index (χ2v) is 5.61. The average molecular weight is 255 g/mol. The second kappa shape index (κ2) is 4.58. The minimum Gasteiger partial charge on any atom is -0.326 e. The molecule has 0 unspecified atom stereocenters. The standard InChI is InChI=1S/C16H21N3/c1-10-4-5-12-13(8-17)14-9-19(3)7-6-15(14)18-16(12)11(10)2/h4-5H,6-9,17H2,1-3H3. The quantitative estimate of drug-likeness (QED) is 0.850. The number of aromatic nitrogens is 1. The molecule has 3 rings (SSSR count). The summed E-state index contributed by atoms with van der Waals surface area (Å²) in [6.07, 6.45) is 1.03. The van der Waals surface area contributed by atoms with E-state index >= 15 is 0 Å². The zero-order valence-corrected chi connectivity index (χ0v) is 12.0. The largest absolute Gasteiger partial charge is 0.326 e. The minimum atomic E-state index is 0.595. The lowest BCUT2D eigenvalue weighted by molar-refractivity contribution is 0.309. The summed E-state index contributed by atoms with van der Waals surface area (Å²) < 4.78 is 0. The van der Waals surface area contributed by atoms with Gasteiger partial charge in [-0.1, -0.05) is 12.1 Å². The van der Waals surface area contributed by atoms with Crippen molar-refractivity contribution in [1.82, 2.24) is 9.88 Å². The molecule has 0 radical (unpaired) electrons. The number of nitrogens with zero attached hydrogens (tertiary/aromatic N) is 2. The molecule has 0 bridgehead atoms. The number of benzene rings is 1. The first-order valence-corrected chi connectivity index (χ1v) is 6.91. The van der Waals surface area contributed by atoms with Gasteiger partial charge >= 0.3 is 0 Å². The number of hydrogen-bond donors (Lipinski definition) is 1. The second-order valence-electron chi connectivity index (χ2n) is 5.61. The van der Waals surface area contributed by atoms with Gasteiger partial charge in [-0.2, -0.15) is 0 Å². The highest BCUT2D eigenvalue weighted by Gasteiger charge is 2.20. The van der Waals surface area contributed by atoms with Gasteiger partial charge in [-0.05, 0) is 43.1 Å². The Morgan fingerprint density at radius 1 is 1.32 bits per heavy atom. The van der Waals surface area contributed by atoms with E-state index in [0.29, 0.717) is 6.54 Å². The van der Waals surface area contributed by atoms with Gasteiger partial charge in [0, 0.05) is 37.1 Å². The van der Waals surface area contributed by atoms with Crippen molar-refractivity contribution >= 4 is 10.9 Å². The molecule has 2 N–H and O–H groups in total. The van der Waals surface area contributed by atoms with Crippen molar-refractivity contribution in [2.75, 3.05) is 13.6 Å². The fourth-order valence-corrected chi connectivity index (χ4v) is 3.00. The van der Waals surface area contributed by atoms with E-state index in [1.165, 1.54) is 33.3 Å². The zero-order valence-electron chi connectivity index (χ0n) is 12.0. The Morgan fingerprint density at radius 2 is 2.11 bits per heavy atom. The van der Waals surface area contributed by atoms with Crippen LogP contribution in [0.1, 0.15) is 27.9 Å². The number of likely N-dealkylation sites (N-methyl/N-ethyl adjacent to an activating group) is 1. The number of rotatable bonds is 1. The van der Waals surface area contributed by atoms with Gasteiger partial charge in [0.15, 0.2) is 0 Å². The molecule has 0 amide bonds. The summed E-state index contributed by atoms with van der Waals surface area (Å²) in [6.45, 7) is 6.95. The van der Waals surface area contributed by atoms with Crippen LogP contribution in [0.3, 0.4) is 0 Å². The maximum absolute atomic E-state index is 6.03. The molecular formula is C16H21N3. The van der Waals surface area contributed by atoms with Crippen molar-refractivity contribution in [3.05, 3.63) is 40.1 Å². The monoisotopic (exact) mass is 255 g/mol. The van der Waals surface area contributed by atoms with E-state index in [-0.39, 0.29) is 0 Å². The van der Waals surface area contributed by atoms with Crippen molar-refractivity contribution in [3.8, 4) is 0 Å². The Morgan fingerprint density at radius 3 is 2.84 bits per heavy atom. The van der Waals surface area contributed by atoms with Crippen molar-refractivity contribution < 1.29 is 0 Å². The van der Waals surface area contributed by atoms with Gasteiger partial charge in [0.05, 0.1) is 5.52 Å². The van der Waals surface area contributed by atoms with Crippen molar-refractivity contribution in [2.24, 2.45) is 5.73 Å². The molecule has 0 saturated heterocycles. The lowest BCUT2D eigenvalue weighted by Gasteiger charge is -2.27. The van der Waals surface area contributed by atoms with E-state index in [2.05, 4.69) is 37.9 Å². The molecule has 19 heavy (non-hydrogen) atoms. The van der Waals surface area contributed by atoms with Crippen molar-refractivity contribution in [2.45, 2.75) is 33.4 Å². The third-order valence-electron chi connectivity index (χ3n) is 4.35. The predicted molar refractivity (Wildman–Crippen MR) is 79.1 cm³/mol. The van der Waals surface area contributed by atoms with Gasteiger partial charge in [-0.25, -0.2) is 0 Å². The summed E-state index contributed by atoms with van der Waals surface area (Å²) >= 11 is 0. The lowest BCUT2D eigenvalue weighted by Crippen LogP contribution is -2.29. The van der Waals surface area contributed by atoms with Gasteiger partial charge in [0.25, 0.3) is 0 Å². The normalized spacial score (nSPS) is 15.8. The summed E-state index contributed by atoms with van der Waals surface area (Å²) in [5.41, 5.74) is 13.6. The average Bonchev–Trinajstić information content (AvgIpc) is 2.41. The molecule has 1 aromatic carbocycles. The summed E-state index contributed by atoms with van der Waals surface area (Å²) in [4.78, 5) is 7.28. The summed E-state index contributed by atoms with van der Waals surface area (Å²) in [7, 11) is 2.16. The molecule has 0 fully saturated rings. The molecule has 2 aromatic rings. The fourth-order valence-electron chi connectivity index (χ4n) is 3.00. The number of aryl methyl sites for hydroxylation is 2. The summed E-state index contributed by atoms with van der Waals surface area (Å²) in [5, 5.41) is 1.24. The molecule has 1 aliphatic heterocycles. The minimum absolute atomic E-state index is 0.595. The number of hydrogen-bond acceptors (Lipinski definition) is 3. The molecule has 0 aliphatic carbocycles. The van der Waals surface area contributed by atoms with Gasteiger partial charge in [-0.3, -0.25) is 4.98 Å². The van der Waals surface area contributed by atoms with Crippen molar-refractivity contribution in [1.29, 1.82) is 0 Å². The number of fused-ring (bicyclic) bond motifs is 2. The molecule has 2 heterocycles. The van der Waals surface area contributed by atoms with Crippen LogP contribution in [0.15, 0.2) is 12.1 Å². The highest BCUT2D eigenvalue weighted by Crippen LogP contribution is 2.30. The predicted octanol–water partition coefficient (Wildman–Crippen LogP) is 2.30. The highest BCUT2D eigenvalue weighted by atomic mass is 15.1. The molecule has 0 saturated carbocycles. The van der Waals surface area contributed by atoms with Crippen LogP contribution in [-0.2, 0) is 19.5 Å². The smallest absolute Gasteiger partial charge is 0.0740 e. The molecule has 1 aliphatic rings. The van der Waals surface area contributed by atoms with Crippen LogP contribution in [0, 0.1) is 13.8 Å². The Bertz CT molecular complexity index is 646. The van der Waals surface area contributed by atoms with Crippen molar-refractivity contribution in [3.63, 3.8) is 0 Å². The molecule has 100 valence electrons. The summed E-state index contributed by atoms with van der Waals surface area (Å²) in [5.74, 6) is 0. The maximum atomic E-state index is 6.03. The van der Waals surface area contributed by atoms with E-state index in [0.717, 1.165) is 25.0 Å². The van der Waals surface area contributed by atoms with E-state index in [1.54, 1.807) is 0 Å². The maximum Gasteiger partial charge on any atom is 0.0740 e. The molecule has 0 spiro atoms. The van der Waals surface area contributed by atoms with Crippen LogP contribution in [-0.4, -0.2) is 23.5 Å². The highest BCUT2D eigenvalue weighted by molar-refractivity contribution is 5.87. The van der Waals surface area contributed by atoms with E-state index in [9.17, 15) is 0 Å². The zero-order chi connectivity index (χ0) is 13.6. The lowest BCUT2D eigenvalue weighted by atomic mass is 9.93. The topological polar surface area (TPSA) is 42.1 Å². The van der Waals surface area contributed by atoms with Crippen LogP contribution < -0.4 is 5.73 Å². The van der Waals surface area contributed by atoms with Gasteiger partial charge in [0.1, 0.15) is 0 Å². The van der Waals surface area contributed by atoms with E-state index < -0.39 is 0 Å². The molecule has 3 nitrogen and oxygen atoms in total. The molecular weight excluding hydrogens is 234 g/mol. The number of nitrogens with two attached hydrogens (primary N) is 1. The Labute approximate surface area is 114 Å². The number of pyridine rings is 1. The molecule has 0 atom stereocenters. The van der Waals surface area contributed by atoms with Gasteiger partial charge in [0.2, 0.25) is 0 Å². The Balaban J connectivity index is 2.35. The first-order valence-electron chi connectivity index (χ1n) is 6.91. The van der Waals surface area contributed by atoms with Crippen LogP contribution in [0.4, 0.5) is 0 Å². The fraction of sp³-hybridized carbons (Fsp3) is 0.438.